The van der Waals surface area contributed by atoms with Gasteiger partial charge in [-0.05, 0) is 0 Å². The Balaban J connectivity index is 2.26. The zero-order valence-electron chi connectivity index (χ0n) is 10.1. The molecule has 0 radical (unpaired) electrons. The molecule has 96 valence electrons. The molecule has 1 N–H and O–H groups in total. The maximum atomic E-state index is 11.6. The smallest absolute Gasteiger partial charge is 0.308 e. The SMILES string of the molecule is CC(=O)NCCC(=O)OCC(=O)c1ccccc1. The first-order valence-electron chi connectivity index (χ1n) is 5.58. The van der Waals surface area contributed by atoms with E-state index in [2.05, 4.69) is 5.32 Å². The summed E-state index contributed by atoms with van der Waals surface area (Å²) < 4.78 is 4.80. The second-order valence-corrected chi connectivity index (χ2v) is 3.68. The van der Waals surface area contributed by atoms with Gasteiger partial charge >= 0.3 is 5.97 Å². The molecule has 0 atom stereocenters. The number of Topliss-reactive ketones (excluding diaryl/α,β-unsaturated/α-hetero) is 1. The lowest BCUT2D eigenvalue weighted by Crippen LogP contribution is -2.24. The molecular weight excluding hydrogens is 234 g/mol. The summed E-state index contributed by atoms with van der Waals surface area (Å²) in [6.07, 6.45) is 0.0572. The minimum absolute atomic E-state index is 0.0572. The second-order valence-electron chi connectivity index (χ2n) is 3.68. The lowest BCUT2D eigenvalue weighted by molar-refractivity contribution is -0.142. The van der Waals surface area contributed by atoms with Gasteiger partial charge in [-0.3, -0.25) is 14.4 Å². The molecule has 0 aliphatic carbocycles. The van der Waals surface area contributed by atoms with Gasteiger partial charge < -0.3 is 10.1 Å². The Hall–Kier alpha value is -2.17. The Morgan fingerprint density at radius 2 is 1.83 bits per heavy atom. The number of nitrogens with one attached hydrogen (secondary N) is 1. The van der Waals surface area contributed by atoms with Gasteiger partial charge in [0, 0.05) is 19.0 Å². The van der Waals surface area contributed by atoms with Crippen LogP contribution in [0.15, 0.2) is 30.3 Å². The number of ether oxygens (including phenoxy) is 1. The molecule has 1 rings (SSSR count). The van der Waals surface area contributed by atoms with E-state index in [4.69, 9.17) is 4.74 Å². The number of rotatable bonds is 6. The second kappa shape index (κ2) is 7.21. The van der Waals surface area contributed by atoms with Crippen molar-refractivity contribution in [2.45, 2.75) is 13.3 Å². The van der Waals surface area contributed by atoms with Crippen LogP contribution in [0.5, 0.6) is 0 Å². The van der Waals surface area contributed by atoms with Crippen LogP contribution in [0.1, 0.15) is 23.7 Å². The van der Waals surface area contributed by atoms with Gasteiger partial charge in [-0.2, -0.15) is 0 Å². The number of hydrogen-bond donors (Lipinski definition) is 1. The zero-order chi connectivity index (χ0) is 13.4. The van der Waals surface area contributed by atoms with Crippen molar-refractivity contribution in [2.24, 2.45) is 0 Å². The first-order chi connectivity index (χ1) is 8.59. The average Bonchev–Trinajstić information content (AvgIpc) is 2.36. The highest BCUT2D eigenvalue weighted by Gasteiger charge is 2.09. The predicted octanol–water partition coefficient (Wildman–Crippen LogP) is 0.939. The van der Waals surface area contributed by atoms with Crippen LogP contribution >= 0.6 is 0 Å². The van der Waals surface area contributed by atoms with Crippen molar-refractivity contribution in [1.29, 1.82) is 0 Å². The fraction of sp³-hybridized carbons (Fsp3) is 0.308. The summed E-state index contributed by atoms with van der Waals surface area (Å²) in [5, 5.41) is 2.47. The van der Waals surface area contributed by atoms with Crippen LogP contribution in [0.25, 0.3) is 0 Å². The molecule has 0 aromatic heterocycles. The standard InChI is InChI=1S/C13H15NO4/c1-10(15)14-8-7-13(17)18-9-12(16)11-5-3-2-4-6-11/h2-6H,7-9H2,1H3,(H,14,15). The maximum absolute atomic E-state index is 11.6. The molecule has 0 aliphatic heterocycles. The maximum Gasteiger partial charge on any atom is 0.308 e. The lowest BCUT2D eigenvalue weighted by atomic mass is 10.1. The third-order valence-electron chi connectivity index (χ3n) is 2.16. The molecule has 1 aromatic carbocycles. The van der Waals surface area contributed by atoms with E-state index in [9.17, 15) is 14.4 Å². The molecule has 1 aromatic rings. The molecule has 18 heavy (non-hydrogen) atoms. The minimum atomic E-state index is -0.506. The number of ketones is 1. The first kappa shape index (κ1) is 13.9. The van der Waals surface area contributed by atoms with Crippen molar-refractivity contribution in [3.63, 3.8) is 0 Å². The molecule has 0 heterocycles. The number of amides is 1. The largest absolute Gasteiger partial charge is 0.457 e. The van der Waals surface area contributed by atoms with Crippen LogP contribution in [0.4, 0.5) is 0 Å². The lowest BCUT2D eigenvalue weighted by Gasteiger charge is -2.04. The quantitative estimate of drug-likeness (QED) is 0.601. The summed E-state index contributed by atoms with van der Waals surface area (Å²) in [4.78, 5) is 33.4. The van der Waals surface area contributed by atoms with Gasteiger partial charge in [0.15, 0.2) is 12.4 Å². The van der Waals surface area contributed by atoms with Gasteiger partial charge in [-0.15, -0.1) is 0 Å². The Labute approximate surface area is 105 Å². The fourth-order valence-electron chi connectivity index (χ4n) is 1.27. The third kappa shape index (κ3) is 5.25. The van der Waals surface area contributed by atoms with Gasteiger partial charge in [0.2, 0.25) is 5.91 Å². The highest BCUT2D eigenvalue weighted by atomic mass is 16.5. The van der Waals surface area contributed by atoms with Crippen molar-refractivity contribution in [1.82, 2.24) is 5.32 Å². The molecule has 5 heteroatoms. The van der Waals surface area contributed by atoms with E-state index >= 15 is 0 Å². The Bertz CT molecular complexity index is 428. The van der Waals surface area contributed by atoms with Gasteiger partial charge in [-0.25, -0.2) is 0 Å². The zero-order valence-corrected chi connectivity index (χ0v) is 10.1. The summed E-state index contributed by atoms with van der Waals surface area (Å²) in [5.74, 6) is -0.959. The van der Waals surface area contributed by atoms with E-state index in [-0.39, 0.29) is 31.3 Å². The molecule has 0 saturated carbocycles. The van der Waals surface area contributed by atoms with Crippen molar-refractivity contribution in [3.05, 3.63) is 35.9 Å². The van der Waals surface area contributed by atoms with Gasteiger partial charge in [0.25, 0.3) is 0 Å². The number of esters is 1. The van der Waals surface area contributed by atoms with Crippen LogP contribution in [-0.4, -0.2) is 30.8 Å². The van der Waals surface area contributed by atoms with Crippen molar-refractivity contribution < 1.29 is 19.1 Å². The molecule has 0 bridgehead atoms. The Kier molecular flexibility index (Phi) is 5.57. The summed E-state index contributed by atoms with van der Waals surface area (Å²) in [5.41, 5.74) is 0.507. The van der Waals surface area contributed by atoms with E-state index in [0.717, 1.165) is 0 Å². The van der Waals surface area contributed by atoms with E-state index in [1.165, 1.54) is 6.92 Å². The monoisotopic (exact) mass is 249 g/mol. The number of carbonyl (C=O) groups excluding carboxylic acids is 3. The van der Waals surface area contributed by atoms with Crippen LogP contribution in [0, 0.1) is 0 Å². The third-order valence-corrected chi connectivity index (χ3v) is 2.16. The van der Waals surface area contributed by atoms with E-state index in [0.29, 0.717) is 5.56 Å². The van der Waals surface area contributed by atoms with E-state index in [1.807, 2.05) is 0 Å². The van der Waals surface area contributed by atoms with Crippen molar-refractivity contribution >= 4 is 17.7 Å². The molecule has 0 spiro atoms. The van der Waals surface area contributed by atoms with Crippen LogP contribution in [0.3, 0.4) is 0 Å². The van der Waals surface area contributed by atoms with Crippen LogP contribution in [0.2, 0.25) is 0 Å². The van der Waals surface area contributed by atoms with Crippen molar-refractivity contribution in [3.8, 4) is 0 Å². The molecular formula is C13H15NO4. The summed E-state index contributed by atoms with van der Waals surface area (Å²) >= 11 is 0. The summed E-state index contributed by atoms with van der Waals surface area (Å²) in [7, 11) is 0. The van der Waals surface area contributed by atoms with Gasteiger partial charge in [0.05, 0.1) is 6.42 Å². The number of carbonyl (C=O) groups is 3. The summed E-state index contributed by atoms with van der Waals surface area (Å²) in [6.45, 7) is 1.31. The van der Waals surface area contributed by atoms with Crippen molar-refractivity contribution in [2.75, 3.05) is 13.2 Å². The fourth-order valence-corrected chi connectivity index (χ4v) is 1.27. The van der Waals surface area contributed by atoms with E-state index in [1.54, 1.807) is 30.3 Å². The number of benzene rings is 1. The first-order valence-corrected chi connectivity index (χ1v) is 5.58. The normalized spacial score (nSPS) is 9.61. The Morgan fingerprint density at radius 3 is 2.44 bits per heavy atom. The highest BCUT2D eigenvalue weighted by Crippen LogP contribution is 2.00. The van der Waals surface area contributed by atoms with Crippen LogP contribution in [-0.2, 0) is 14.3 Å². The molecule has 0 unspecified atom stereocenters. The molecule has 0 fully saturated rings. The highest BCUT2D eigenvalue weighted by molar-refractivity contribution is 5.97. The molecule has 0 aliphatic rings. The molecule has 0 saturated heterocycles. The molecule has 5 nitrogen and oxygen atoms in total. The topological polar surface area (TPSA) is 72.5 Å². The average molecular weight is 249 g/mol. The Morgan fingerprint density at radius 1 is 1.17 bits per heavy atom. The van der Waals surface area contributed by atoms with Gasteiger partial charge in [0.1, 0.15) is 0 Å². The predicted molar refractivity (Wildman–Crippen MR) is 65.0 cm³/mol. The van der Waals surface area contributed by atoms with Gasteiger partial charge in [-0.1, -0.05) is 30.3 Å². The van der Waals surface area contributed by atoms with Crippen LogP contribution < -0.4 is 5.32 Å². The number of hydrogen-bond acceptors (Lipinski definition) is 4. The van der Waals surface area contributed by atoms with E-state index < -0.39 is 5.97 Å². The summed E-state index contributed by atoms with van der Waals surface area (Å²) in [6, 6.07) is 8.61. The molecule has 1 amide bonds. The minimum Gasteiger partial charge on any atom is -0.457 e.